The van der Waals surface area contributed by atoms with Crippen LogP contribution in [0.1, 0.15) is 41.6 Å². The van der Waals surface area contributed by atoms with Crippen LogP contribution in [0.4, 0.5) is 0 Å². The highest BCUT2D eigenvalue weighted by Gasteiger charge is 2.23. The molecule has 0 aromatic heterocycles. The van der Waals surface area contributed by atoms with Gasteiger partial charge in [0.25, 0.3) is 0 Å². The van der Waals surface area contributed by atoms with Gasteiger partial charge in [0.05, 0.1) is 6.42 Å². The van der Waals surface area contributed by atoms with Crippen LogP contribution in [0.3, 0.4) is 0 Å². The standard InChI is InChI=1S/C17H21N5O5/c18-22-20-8-2-1-3-15(24)21-14(9-16(25)26)17(27)19-10-12-4-6-13(11-23)7-5-12/h4-7,11,14H,1-3,8-10H2,(H,19,27)(H,21,24)(H,25,26). The number of carboxylic acid groups (broad SMARTS) is 1. The molecular weight excluding hydrogens is 354 g/mol. The van der Waals surface area contributed by atoms with Gasteiger partial charge in [0.2, 0.25) is 11.8 Å². The minimum atomic E-state index is -1.21. The largest absolute Gasteiger partial charge is 0.481 e. The Labute approximate surface area is 155 Å². The molecule has 27 heavy (non-hydrogen) atoms. The number of hydrogen-bond donors (Lipinski definition) is 3. The topological polar surface area (TPSA) is 161 Å². The van der Waals surface area contributed by atoms with E-state index in [1.165, 1.54) is 0 Å². The Balaban J connectivity index is 2.53. The molecule has 0 saturated heterocycles. The predicted octanol–water partition coefficient (Wildman–Crippen LogP) is 1.56. The fourth-order valence-electron chi connectivity index (χ4n) is 2.19. The van der Waals surface area contributed by atoms with Gasteiger partial charge in [-0.1, -0.05) is 29.4 Å². The SMILES string of the molecule is [N-]=[N+]=NCCCCC(=O)NC(CC(=O)O)C(=O)NCc1ccc(C=O)cc1. The number of aliphatic carboxylic acids is 1. The molecule has 0 aliphatic rings. The lowest BCUT2D eigenvalue weighted by atomic mass is 10.1. The summed E-state index contributed by atoms with van der Waals surface area (Å²) in [4.78, 5) is 48.3. The van der Waals surface area contributed by atoms with Gasteiger partial charge in [-0.3, -0.25) is 19.2 Å². The average Bonchev–Trinajstić information content (AvgIpc) is 2.65. The zero-order valence-corrected chi connectivity index (χ0v) is 14.6. The molecule has 0 spiro atoms. The maximum Gasteiger partial charge on any atom is 0.305 e. The molecule has 0 bridgehead atoms. The van der Waals surface area contributed by atoms with Gasteiger partial charge in [-0.05, 0) is 23.9 Å². The second-order valence-electron chi connectivity index (χ2n) is 5.71. The quantitative estimate of drug-likeness (QED) is 0.166. The molecule has 0 radical (unpaired) electrons. The van der Waals surface area contributed by atoms with Crippen molar-refractivity contribution in [1.29, 1.82) is 0 Å². The Bertz CT molecular complexity index is 713. The van der Waals surface area contributed by atoms with Crippen LogP contribution in [-0.2, 0) is 20.9 Å². The van der Waals surface area contributed by atoms with Crippen molar-refractivity contribution in [2.24, 2.45) is 5.11 Å². The summed E-state index contributed by atoms with van der Waals surface area (Å²) in [6, 6.07) is 5.33. The van der Waals surface area contributed by atoms with E-state index in [9.17, 15) is 19.2 Å². The lowest BCUT2D eigenvalue weighted by Gasteiger charge is -2.17. The van der Waals surface area contributed by atoms with Crippen LogP contribution in [0.2, 0.25) is 0 Å². The Morgan fingerprint density at radius 3 is 2.52 bits per heavy atom. The number of azide groups is 1. The Hall–Kier alpha value is -3.39. The van der Waals surface area contributed by atoms with Gasteiger partial charge in [-0.2, -0.15) is 0 Å². The van der Waals surface area contributed by atoms with E-state index >= 15 is 0 Å². The second kappa shape index (κ2) is 12.0. The summed E-state index contributed by atoms with van der Waals surface area (Å²) in [7, 11) is 0. The number of aldehydes is 1. The van der Waals surface area contributed by atoms with E-state index in [0.717, 1.165) is 5.56 Å². The van der Waals surface area contributed by atoms with E-state index in [0.29, 0.717) is 24.7 Å². The van der Waals surface area contributed by atoms with Crippen LogP contribution in [0.5, 0.6) is 0 Å². The van der Waals surface area contributed by atoms with Crippen LogP contribution in [0.15, 0.2) is 29.4 Å². The summed E-state index contributed by atoms with van der Waals surface area (Å²) in [5.41, 5.74) is 9.39. The van der Waals surface area contributed by atoms with Gasteiger partial charge in [0.15, 0.2) is 0 Å². The maximum atomic E-state index is 12.2. The average molecular weight is 375 g/mol. The summed E-state index contributed by atoms with van der Waals surface area (Å²) in [5, 5.41) is 17.3. The first-order valence-electron chi connectivity index (χ1n) is 8.30. The van der Waals surface area contributed by atoms with Crippen molar-refractivity contribution in [3.05, 3.63) is 45.8 Å². The Kier molecular flexibility index (Phi) is 9.66. The first kappa shape index (κ1) is 21.7. The van der Waals surface area contributed by atoms with E-state index < -0.39 is 30.2 Å². The number of unbranched alkanes of at least 4 members (excludes halogenated alkanes) is 1. The fourth-order valence-corrected chi connectivity index (χ4v) is 2.19. The molecule has 0 aliphatic carbocycles. The van der Waals surface area contributed by atoms with Crippen LogP contribution in [-0.4, -0.2) is 41.8 Å². The molecule has 1 atom stereocenters. The summed E-state index contributed by atoms with van der Waals surface area (Å²) < 4.78 is 0. The van der Waals surface area contributed by atoms with Crippen LogP contribution >= 0.6 is 0 Å². The molecule has 2 amide bonds. The third-order valence-electron chi connectivity index (χ3n) is 3.59. The number of benzene rings is 1. The summed E-state index contributed by atoms with van der Waals surface area (Å²) in [5.74, 6) is -2.28. The lowest BCUT2D eigenvalue weighted by Crippen LogP contribution is -2.47. The summed E-state index contributed by atoms with van der Waals surface area (Å²) in [6.07, 6.45) is 1.23. The molecule has 1 aromatic carbocycles. The Morgan fingerprint density at radius 1 is 1.22 bits per heavy atom. The van der Waals surface area contributed by atoms with Crippen molar-refractivity contribution in [1.82, 2.24) is 10.6 Å². The molecule has 1 rings (SSSR count). The van der Waals surface area contributed by atoms with Gasteiger partial charge in [-0.15, -0.1) is 0 Å². The predicted molar refractivity (Wildman–Crippen MR) is 95.7 cm³/mol. The van der Waals surface area contributed by atoms with Gasteiger partial charge in [0, 0.05) is 30.0 Å². The minimum Gasteiger partial charge on any atom is -0.481 e. The van der Waals surface area contributed by atoms with Gasteiger partial charge >= 0.3 is 5.97 Å². The molecule has 0 aliphatic heterocycles. The number of nitrogens with one attached hydrogen (secondary N) is 2. The van der Waals surface area contributed by atoms with Crippen LogP contribution in [0, 0.1) is 0 Å². The molecule has 10 nitrogen and oxygen atoms in total. The monoisotopic (exact) mass is 375 g/mol. The van der Waals surface area contributed by atoms with Crippen molar-refractivity contribution in [3.8, 4) is 0 Å². The number of carbonyl (C=O) groups excluding carboxylic acids is 3. The van der Waals surface area contributed by atoms with Gasteiger partial charge in [0.1, 0.15) is 12.3 Å². The van der Waals surface area contributed by atoms with Crippen LogP contribution < -0.4 is 10.6 Å². The third kappa shape index (κ3) is 9.03. The number of carbonyl (C=O) groups is 4. The van der Waals surface area contributed by atoms with Crippen molar-refractivity contribution in [3.63, 3.8) is 0 Å². The normalized spacial score (nSPS) is 11.0. The number of carboxylic acids is 1. The molecule has 0 fully saturated rings. The molecular formula is C17H21N5O5. The molecule has 1 unspecified atom stereocenters. The van der Waals surface area contributed by atoms with Crippen LogP contribution in [0.25, 0.3) is 10.4 Å². The first-order valence-corrected chi connectivity index (χ1v) is 8.30. The highest BCUT2D eigenvalue weighted by atomic mass is 16.4. The molecule has 144 valence electrons. The Morgan fingerprint density at radius 2 is 1.93 bits per heavy atom. The first-order chi connectivity index (χ1) is 13.0. The highest BCUT2D eigenvalue weighted by Crippen LogP contribution is 2.03. The van der Waals surface area contributed by atoms with E-state index in [2.05, 4.69) is 20.7 Å². The fraction of sp³-hybridized carbons (Fsp3) is 0.412. The molecule has 0 saturated carbocycles. The summed E-state index contributed by atoms with van der Waals surface area (Å²) in [6.45, 7) is 0.405. The molecule has 0 heterocycles. The molecule has 3 N–H and O–H groups in total. The van der Waals surface area contributed by atoms with E-state index in [-0.39, 0.29) is 19.5 Å². The van der Waals surface area contributed by atoms with E-state index in [1.54, 1.807) is 24.3 Å². The van der Waals surface area contributed by atoms with Gasteiger partial charge in [-0.25, -0.2) is 0 Å². The van der Waals surface area contributed by atoms with E-state index in [4.69, 9.17) is 10.6 Å². The number of rotatable bonds is 12. The molecule has 10 heteroatoms. The minimum absolute atomic E-state index is 0.0947. The zero-order chi connectivity index (χ0) is 20.1. The smallest absolute Gasteiger partial charge is 0.305 e. The number of hydrogen-bond acceptors (Lipinski definition) is 5. The van der Waals surface area contributed by atoms with Crippen molar-refractivity contribution < 1.29 is 24.3 Å². The lowest BCUT2D eigenvalue weighted by molar-refractivity contribution is -0.140. The van der Waals surface area contributed by atoms with E-state index in [1.807, 2.05) is 0 Å². The van der Waals surface area contributed by atoms with Crippen molar-refractivity contribution in [2.75, 3.05) is 6.54 Å². The van der Waals surface area contributed by atoms with Crippen molar-refractivity contribution >= 4 is 24.1 Å². The zero-order valence-electron chi connectivity index (χ0n) is 14.6. The highest BCUT2D eigenvalue weighted by molar-refractivity contribution is 5.90. The number of nitrogens with zero attached hydrogens (tertiary/aromatic N) is 3. The maximum absolute atomic E-state index is 12.2. The summed E-state index contributed by atoms with van der Waals surface area (Å²) >= 11 is 0. The number of amides is 2. The van der Waals surface area contributed by atoms with Gasteiger partial charge < -0.3 is 15.7 Å². The second-order valence-corrected chi connectivity index (χ2v) is 5.71. The third-order valence-corrected chi connectivity index (χ3v) is 3.59. The van der Waals surface area contributed by atoms with Crippen molar-refractivity contribution in [2.45, 2.75) is 38.3 Å². The molecule has 1 aromatic rings.